The van der Waals surface area contributed by atoms with Crippen LogP contribution in [0.5, 0.6) is 0 Å². The number of aromatic amines is 1. The van der Waals surface area contributed by atoms with Crippen molar-refractivity contribution in [3.63, 3.8) is 0 Å². The van der Waals surface area contributed by atoms with Crippen molar-refractivity contribution in [1.29, 1.82) is 0 Å². The lowest BCUT2D eigenvalue weighted by Gasteiger charge is -2.02. The van der Waals surface area contributed by atoms with Crippen molar-refractivity contribution in [3.8, 4) is 0 Å². The van der Waals surface area contributed by atoms with Crippen molar-refractivity contribution >= 4 is 5.97 Å². The van der Waals surface area contributed by atoms with Crippen LogP contribution in [-0.4, -0.2) is 37.6 Å². The van der Waals surface area contributed by atoms with Gasteiger partial charge in [-0.1, -0.05) is 0 Å². The van der Waals surface area contributed by atoms with E-state index in [1.807, 2.05) is 0 Å². The van der Waals surface area contributed by atoms with E-state index < -0.39 is 12.0 Å². The molecule has 13 heavy (non-hydrogen) atoms. The topological polar surface area (TPSA) is 132 Å². The van der Waals surface area contributed by atoms with Gasteiger partial charge in [-0.25, -0.2) is 4.98 Å². The highest BCUT2D eigenvalue weighted by Gasteiger charge is 2.11. The number of carboxylic acids is 1. The number of nitrogens with one attached hydrogen (secondary N) is 1. The number of H-pyrrole nitrogens is 1. The van der Waals surface area contributed by atoms with Crippen LogP contribution >= 0.6 is 0 Å². The molecule has 74 valence electrons. The number of carbonyl (C=O) groups is 1. The van der Waals surface area contributed by atoms with Gasteiger partial charge in [0.1, 0.15) is 6.04 Å². The van der Waals surface area contributed by atoms with Gasteiger partial charge < -0.3 is 15.8 Å². The predicted molar refractivity (Wildman–Crippen MR) is 43.2 cm³/mol. The molecule has 0 spiro atoms. The Morgan fingerprint density at radius 2 is 2.31 bits per heavy atom. The Morgan fingerprint density at radius 1 is 1.69 bits per heavy atom. The zero-order chi connectivity index (χ0) is 10.3. The quantitative estimate of drug-likeness (QED) is 0.318. The van der Waals surface area contributed by atoms with E-state index >= 15 is 0 Å². The first-order valence-corrected chi connectivity index (χ1v) is 3.36. The van der Waals surface area contributed by atoms with E-state index in [1.165, 1.54) is 6.33 Å². The van der Waals surface area contributed by atoms with Gasteiger partial charge in [0.05, 0.1) is 6.33 Å². The highest BCUT2D eigenvalue weighted by atomic mass is 17.0. The minimum atomic E-state index is -1.00. The fourth-order valence-electron chi connectivity index (χ4n) is 0.721. The van der Waals surface area contributed by atoms with Crippen molar-refractivity contribution in [2.24, 2.45) is 5.73 Å². The Bertz CT molecular complexity index is 236. The van der Waals surface area contributed by atoms with Crippen molar-refractivity contribution in [3.05, 3.63) is 18.2 Å². The minimum absolute atomic E-state index is 0.287. The number of carboxylic acid groups (broad SMARTS) is 1. The Balaban J connectivity index is 0.000000671. The summed E-state index contributed by atoms with van der Waals surface area (Å²) in [6.45, 7) is 0. The van der Waals surface area contributed by atoms with E-state index in [1.54, 1.807) is 6.20 Å². The molecule has 0 saturated heterocycles. The Kier molecular flexibility index (Phi) is 5.44. The van der Waals surface area contributed by atoms with Crippen molar-refractivity contribution in [2.75, 3.05) is 0 Å². The number of nitrogens with two attached hydrogens (primary N) is 1. The van der Waals surface area contributed by atoms with Gasteiger partial charge in [-0.3, -0.25) is 15.3 Å². The summed E-state index contributed by atoms with van der Waals surface area (Å²) in [4.78, 5) is 16.8. The van der Waals surface area contributed by atoms with Gasteiger partial charge in [0.25, 0.3) is 0 Å². The van der Waals surface area contributed by atoms with Crippen molar-refractivity contribution < 1.29 is 20.4 Å². The van der Waals surface area contributed by atoms with Gasteiger partial charge >= 0.3 is 5.97 Å². The van der Waals surface area contributed by atoms with Gasteiger partial charge in [0.15, 0.2) is 0 Å². The zero-order valence-corrected chi connectivity index (χ0v) is 6.71. The molecule has 0 aromatic carbocycles. The predicted octanol–water partition coefficient (Wildman–Crippen LogP) is -0.618. The second kappa shape index (κ2) is 6.12. The fraction of sp³-hybridized carbons (Fsp3) is 0.333. The molecule has 0 bridgehead atoms. The summed E-state index contributed by atoms with van der Waals surface area (Å²) in [5.41, 5.74) is 6.00. The molecule has 0 fully saturated rings. The van der Waals surface area contributed by atoms with E-state index in [0.29, 0.717) is 0 Å². The standard InChI is InChI=1S/C6H9N3O2.H2O2/c7-5(6(10)11)1-4-2-8-3-9-4;1-2/h2-3,5H,1,7H2,(H,8,9)(H,10,11);1-2H/t5-;/m0./s1. The van der Waals surface area contributed by atoms with Gasteiger partial charge in [-0.2, -0.15) is 0 Å². The van der Waals surface area contributed by atoms with E-state index in [9.17, 15) is 4.79 Å². The monoisotopic (exact) mass is 189 g/mol. The van der Waals surface area contributed by atoms with E-state index in [0.717, 1.165) is 5.69 Å². The second-order valence-corrected chi connectivity index (χ2v) is 2.23. The number of aliphatic carboxylic acids is 1. The van der Waals surface area contributed by atoms with Crippen LogP contribution < -0.4 is 5.73 Å². The minimum Gasteiger partial charge on any atom is -0.480 e. The van der Waals surface area contributed by atoms with E-state index in [4.69, 9.17) is 21.4 Å². The number of imidazole rings is 1. The van der Waals surface area contributed by atoms with Crippen LogP contribution in [0.3, 0.4) is 0 Å². The Morgan fingerprint density at radius 3 is 2.69 bits per heavy atom. The molecule has 0 amide bonds. The van der Waals surface area contributed by atoms with E-state index in [-0.39, 0.29) is 6.42 Å². The number of hydrogen-bond donors (Lipinski definition) is 5. The summed E-state index contributed by atoms with van der Waals surface area (Å²) in [6, 6.07) is -0.851. The van der Waals surface area contributed by atoms with Crippen LogP contribution in [0.25, 0.3) is 0 Å². The average molecular weight is 189 g/mol. The molecule has 7 heteroatoms. The van der Waals surface area contributed by atoms with Crippen molar-refractivity contribution in [1.82, 2.24) is 9.97 Å². The molecule has 0 unspecified atom stereocenters. The largest absolute Gasteiger partial charge is 0.480 e. The summed E-state index contributed by atoms with van der Waals surface area (Å²) < 4.78 is 0. The van der Waals surface area contributed by atoms with Crippen LogP contribution in [0.1, 0.15) is 5.69 Å². The second-order valence-electron chi connectivity index (χ2n) is 2.23. The molecule has 0 aliphatic heterocycles. The van der Waals surface area contributed by atoms with Gasteiger partial charge in [0.2, 0.25) is 0 Å². The molecule has 1 atom stereocenters. The zero-order valence-electron chi connectivity index (χ0n) is 6.71. The van der Waals surface area contributed by atoms with Gasteiger partial charge in [-0.15, -0.1) is 0 Å². The van der Waals surface area contributed by atoms with E-state index in [2.05, 4.69) is 9.97 Å². The van der Waals surface area contributed by atoms with Crippen LogP contribution in [0.2, 0.25) is 0 Å². The lowest BCUT2D eigenvalue weighted by atomic mass is 10.2. The molecule has 0 radical (unpaired) electrons. The van der Waals surface area contributed by atoms with Crippen LogP contribution in [0.15, 0.2) is 12.5 Å². The first-order chi connectivity index (χ1) is 6.20. The first kappa shape index (κ1) is 11.6. The lowest BCUT2D eigenvalue weighted by molar-refractivity contribution is -0.176. The molecule has 1 aromatic heterocycles. The highest BCUT2D eigenvalue weighted by Crippen LogP contribution is 1.95. The molecule has 0 saturated carbocycles. The fourth-order valence-corrected chi connectivity index (χ4v) is 0.721. The molecule has 1 heterocycles. The number of aromatic nitrogens is 2. The highest BCUT2D eigenvalue weighted by molar-refractivity contribution is 5.73. The van der Waals surface area contributed by atoms with Crippen molar-refractivity contribution in [2.45, 2.75) is 12.5 Å². The molecule has 0 aliphatic carbocycles. The third kappa shape index (κ3) is 4.21. The number of nitrogens with zero attached hydrogens (tertiary/aromatic N) is 1. The summed E-state index contributed by atoms with van der Waals surface area (Å²) in [7, 11) is 0. The SMILES string of the molecule is N[C@@H](Cc1cnc[nH]1)C(=O)O.OO. The molecular weight excluding hydrogens is 178 g/mol. The van der Waals surface area contributed by atoms with Crippen LogP contribution in [0, 0.1) is 0 Å². The Labute approximate surface area is 73.8 Å². The van der Waals surface area contributed by atoms with Crippen LogP contribution in [0.4, 0.5) is 0 Å². The maximum atomic E-state index is 10.3. The summed E-state index contributed by atoms with van der Waals surface area (Å²) in [5, 5.41) is 20.4. The molecular formula is C6H11N3O4. The third-order valence-electron chi connectivity index (χ3n) is 1.31. The molecule has 1 rings (SSSR count). The summed E-state index contributed by atoms with van der Waals surface area (Å²) >= 11 is 0. The lowest BCUT2D eigenvalue weighted by Crippen LogP contribution is -2.32. The molecule has 0 aliphatic rings. The number of rotatable bonds is 3. The maximum Gasteiger partial charge on any atom is 0.320 e. The number of hydrogen-bond acceptors (Lipinski definition) is 5. The smallest absolute Gasteiger partial charge is 0.320 e. The molecule has 1 aromatic rings. The van der Waals surface area contributed by atoms with Gasteiger partial charge in [0, 0.05) is 18.3 Å². The maximum absolute atomic E-state index is 10.3. The summed E-state index contributed by atoms with van der Waals surface area (Å²) in [6.07, 6.45) is 3.34. The van der Waals surface area contributed by atoms with Gasteiger partial charge in [-0.05, 0) is 0 Å². The third-order valence-corrected chi connectivity index (χ3v) is 1.31. The summed E-state index contributed by atoms with van der Waals surface area (Å²) in [5.74, 6) is -1.00. The molecule has 7 nitrogen and oxygen atoms in total. The normalized spacial score (nSPS) is 11.3. The first-order valence-electron chi connectivity index (χ1n) is 3.36. The average Bonchev–Trinajstić information content (AvgIpc) is 2.60. The molecule has 6 N–H and O–H groups in total. The Hall–Kier alpha value is -1.44. The van der Waals surface area contributed by atoms with Crippen LogP contribution in [-0.2, 0) is 11.2 Å².